The molecule has 114 valence electrons. The summed E-state index contributed by atoms with van der Waals surface area (Å²) in [6.45, 7) is 0. The number of nitrogens with one attached hydrogen (secondary N) is 1. The Kier molecular flexibility index (Phi) is 4.12. The molecule has 3 N–H and O–H groups in total. The predicted molar refractivity (Wildman–Crippen MR) is 76.0 cm³/mol. The number of ether oxygens (including phenoxy) is 1. The van der Waals surface area contributed by atoms with E-state index in [1.165, 1.54) is 13.2 Å². The van der Waals surface area contributed by atoms with Gasteiger partial charge in [-0.15, -0.1) is 0 Å². The highest BCUT2D eigenvalue weighted by Crippen LogP contribution is 2.21. The van der Waals surface area contributed by atoms with E-state index in [0.717, 1.165) is 0 Å². The summed E-state index contributed by atoms with van der Waals surface area (Å²) in [4.78, 5) is 33.2. The van der Waals surface area contributed by atoms with Gasteiger partial charge < -0.3 is 24.7 Å². The molecule has 0 aliphatic carbocycles. The zero-order chi connectivity index (χ0) is 16.3. The van der Waals surface area contributed by atoms with E-state index in [4.69, 9.17) is 19.4 Å². The van der Waals surface area contributed by atoms with E-state index in [0.29, 0.717) is 22.9 Å². The average Bonchev–Trinajstić information content (AvgIpc) is 2.46. The van der Waals surface area contributed by atoms with Gasteiger partial charge in [-0.05, 0) is 24.3 Å². The van der Waals surface area contributed by atoms with Crippen LogP contribution < -0.4 is 15.7 Å². The molecule has 0 radical (unpaired) electrons. The number of carboxylic acids is 2. The first-order valence-electron chi connectivity index (χ1n) is 5.97. The van der Waals surface area contributed by atoms with Crippen LogP contribution in [0.5, 0.6) is 5.75 Å². The van der Waals surface area contributed by atoms with Crippen LogP contribution in [-0.4, -0.2) is 29.3 Å². The summed E-state index contributed by atoms with van der Waals surface area (Å²) in [6, 6.07) is 6.18. The molecule has 0 aliphatic heterocycles. The Morgan fingerprint density at radius 1 is 1.23 bits per heavy atom. The quantitative estimate of drug-likeness (QED) is 0.326. The van der Waals surface area contributed by atoms with Gasteiger partial charge in [0.2, 0.25) is 0 Å². The molecule has 0 fully saturated rings. The van der Waals surface area contributed by atoms with Gasteiger partial charge in [-0.1, -0.05) is 0 Å². The Morgan fingerprint density at radius 2 is 1.91 bits per heavy atom. The maximum absolute atomic E-state index is 11.8. The van der Waals surface area contributed by atoms with Crippen LogP contribution in [0.15, 0.2) is 45.3 Å². The van der Waals surface area contributed by atoms with E-state index in [1.807, 2.05) is 0 Å². The number of fused-ring (bicyclic) bond motifs is 1. The van der Waals surface area contributed by atoms with Crippen LogP contribution in [0.25, 0.3) is 11.0 Å². The SMILES string of the molecule is COc1ccc2oc(=O)c(NC=C(C(=O)O)C(=O)O)cc2c1. The Balaban J connectivity index is 2.45. The molecule has 0 unspecified atom stereocenters. The van der Waals surface area contributed by atoms with Crippen molar-refractivity contribution in [2.45, 2.75) is 0 Å². The minimum absolute atomic E-state index is 0.0965. The lowest BCUT2D eigenvalue weighted by Crippen LogP contribution is -2.14. The molecule has 0 amide bonds. The zero-order valence-electron chi connectivity index (χ0n) is 11.3. The number of hydrogen-bond donors (Lipinski definition) is 3. The summed E-state index contributed by atoms with van der Waals surface area (Å²) in [6.07, 6.45) is 0.711. The number of aliphatic carboxylic acids is 2. The van der Waals surface area contributed by atoms with Crippen molar-refractivity contribution in [3.05, 3.63) is 46.5 Å². The van der Waals surface area contributed by atoms with Crippen LogP contribution in [0.3, 0.4) is 0 Å². The van der Waals surface area contributed by atoms with Gasteiger partial charge >= 0.3 is 17.6 Å². The summed E-state index contributed by atoms with van der Waals surface area (Å²) < 4.78 is 10.1. The number of carbonyl (C=O) groups is 2. The molecule has 1 heterocycles. The molecule has 1 aromatic carbocycles. The first-order valence-corrected chi connectivity index (χ1v) is 5.97. The van der Waals surface area contributed by atoms with Gasteiger partial charge in [-0.3, -0.25) is 0 Å². The summed E-state index contributed by atoms with van der Waals surface area (Å²) in [7, 11) is 1.48. The first kappa shape index (κ1) is 15.1. The molecule has 0 atom stereocenters. The van der Waals surface area contributed by atoms with Crippen molar-refractivity contribution in [2.24, 2.45) is 0 Å². The van der Waals surface area contributed by atoms with Crippen molar-refractivity contribution in [3.8, 4) is 5.75 Å². The Bertz CT molecular complexity index is 819. The highest BCUT2D eigenvalue weighted by Gasteiger charge is 2.16. The fraction of sp³-hybridized carbons (Fsp3) is 0.0714. The van der Waals surface area contributed by atoms with Gasteiger partial charge in [0.15, 0.2) is 5.57 Å². The van der Waals surface area contributed by atoms with Gasteiger partial charge in [-0.2, -0.15) is 0 Å². The zero-order valence-corrected chi connectivity index (χ0v) is 11.3. The standard InChI is InChI=1S/C14H11NO7/c1-21-8-2-3-11-7(4-8)5-10(14(20)22-11)15-6-9(12(16)17)13(18)19/h2-6,15H,1H3,(H,16,17)(H,18,19). The molecule has 8 heteroatoms. The first-order chi connectivity index (χ1) is 10.4. The number of hydrogen-bond acceptors (Lipinski definition) is 6. The molecular weight excluding hydrogens is 294 g/mol. The van der Waals surface area contributed by atoms with Gasteiger partial charge in [0.05, 0.1) is 7.11 Å². The van der Waals surface area contributed by atoms with Crippen LogP contribution >= 0.6 is 0 Å². The third-order valence-electron chi connectivity index (χ3n) is 2.77. The van der Waals surface area contributed by atoms with E-state index in [1.54, 1.807) is 18.2 Å². The van der Waals surface area contributed by atoms with E-state index in [-0.39, 0.29) is 5.69 Å². The molecule has 8 nitrogen and oxygen atoms in total. The van der Waals surface area contributed by atoms with Gasteiger partial charge in [0.25, 0.3) is 0 Å². The molecule has 2 aromatic rings. The third kappa shape index (κ3) is 3.06. The van der Waals surface area contributed by atoms with Crippen LogP contribution in [-0.2, 0) is 9.59 Å². The van der Waals surface area contributed by atoms with Gasteiger partial charge in [0.1, 0.15) is 17.0 Å². The lowest BCUT2D eigenvalue weighted by molar-refractivity contribution is -0.140. The monoisotopic (exact) mass is 305 g/mol. The van der Waals surface area contributed by atoms with Crippen molar-refractivity contribution in [1.29, 1.82) is 0 Å². The van der Waals surface area contributed by atoms with E-state index in [9.17, 15) is 14.4 Å². The van der Waals surface area contributed by atoms with Crippen molar-refractivity contribution in [1.82, 2.24) is 0 Å². The number of methoxy groups -OCH3 is 1. The minimum atomic E-state index is -1.63. The molecule has 0 spiro atoms. The van der Waals surface area contributed by atoms with E-state index < -0.39 is 23.1 Å². The summed E-state index contributed by atoms with van der Waals surface area (Å²) >= 11 is 0. The number of anilines is 1. The van der Waals surface area contributed by atoms with Crippen LogP contribution in [0.1, 0.15) is 0 Å². The van der Waals surface area contributed by atoms with Crippen molar-refractivity contribution in [2.75, 3.05) is 12.4 Å². The van der Waals surface area contributed by atoms with Crippen LogP contribution in [0.4, 0.5) is 5.69 Å². The normalized spacial score (nSPS) is 10.0. The lowest BCUT2D eigenvalue weighted by Gasteiger charge is -2.04. The fourth-order valence-corrected chi connectivity index (χ4v) is 1.69. The number of benzene rings is 1. The predicted octanol–water partition coefficient (Wildman–Crippen LogP) is 1.27. The minimum Gasteiger partial charge on any atom is -0.497 e. The third-order valence-corrected chi connectivity index (χ3v) is 2.77. The molecule has 0 bridgehead atoms. The van der Waals surface area contributed by atoms with E-state index >= 15 is 0 Å². The Hall–Kier alpha value is -3.29. The molecule has 1 aromatic heterocycles. The maximum Gasteiger partial charge on any atom is 0.360 e. The Morgan fingerprint density at radius 3 is 2.50 bits per heavy atom. The average molecular weight is 305 g/mol. The molecule has 22 heavy (non-hydrogen) atoms. The summed E-state index contributed by atoms with van der Waals surface area (Å²) in [5.74, 6) is -2.72. The number of rotatable bonds is 5. The molecule has 0 saturated heterocycles. The lowest BCUT2D eigenvalue weighted by atomic mass is 10.2. The number of carboxylic acid groups (broad SMARTS) is 2. The van der Waals surface area contributed by atoms with E-state index in [2.05, 4.69) is 5.32 Å². The molecule has 0 aliphatic rings. The van der Waals surface area contributed by atoms with Gasteiger partial charge in [-0.25, -0.2) is 14.4 Å². The second-order valence-corrected chi connectivity index (χ2v) is 4.16. The largest absolute Gasteiger partial charge is 0.497 e. The van der Waals surface area contributed by atoms with Gasteiger partial charge in [0, 0.05) is 11.6 Å². The topological polar surface area (TPSA) is 126 Å². The van der Waals surface area contributed by atoms with Crippen LogP contribution in [0.2, 0.25) is 0 Å². The molecule has 2 rings (SSSR count). The van der Waals surface area contributed by atoms with Crippen molar-refractivity contribution < 1.29 is 29.0 Å². The van der Waals surface area contributed by atoms with Crippen molar-refractivity contribution in [3.63, 3.8) is 0 Å². The second-order valence-electron chi connectivity index (χ2n) is 4.16. The smallest absolute Gasteiger partial charge is 0.360 e. The second kappa shape index (κ2) is 6.00. The maximum atomic E-state index is 11.8. The fourth-order valence-electron chi connectivity index (χ4n) is 1.69. The molecular formula is C14H11NO7. The summed E-state index contributed by atoms with van der Waals surface area (Å²) in [5.41, 5.74) is -1.45. The Labute approximate surface area is 123 Å². The molecule has 0 saturated carbocycles. The highest BCUT2D eigenvalue weighted by atomic mass is 16.5. The van der Waals surface area contributed by atoms with Crippen molar-refractivity contribution >= 4 is 28.6 Å². The van der Waals surface area contributed by atoms with Crippen LogP contribution in [0, 0.1) is 0 Å². The highest BCUT2D eigenvalue weighted by molar-refractivity contribution is 6.12. The summed E-state index contributed by atoms with van der Waals surface area (Å²) in [5, 5.41) is 20.3.